The van der Waals surface area contributed by atoms with E-state index in [4.69, 9.17) is 17.3 Å². The van der Waals surface area contributed by atoms with Crippen LogP contribution in [0.2, 0.25) is 4.34 Å². The molecule has 0 aliphatic carbocycles. The van der Waals surface area contributed by atoms with Crippen LogP contribution in [0.1, 0.15) is 43.3 Å². The highest BCUT2D eigenvalue weighted by atomic mass is 35.5. The second-order valence-electron chi connectivity index (χ2n) is 4.93. The zero-order chi connectivity index (χ0) is 14.2. The van der Waals surface area contributed by atoms with Gasteiger partial charge in [0.1, 0.15) is 5.82 Å². The molecular weight excluding hydrogens is 280 g/mol. The van der Waals surface area contributed by atoms with Crippen LogP contribution in [0, 0.1) is 0 Å². The number of nitrogens with one attached hydrogen (secondary N) is 1. The number of hydrogen-bond donors (Lipinski definition) is 2. The average molecular weight is 299 g/mol. The largest absolute Gasteiger partial charge is 0.394 e. The molecule has 0 aliphatic heterocycles. The van der Waals surface area contributed by atoms with Crippen molar-refractivity contribution in [2.45, 2.75) is 32.7 Å². The number of aryl methyl sites for hydroxylation is 1. The summed E-state index contributed by atoms with van der Waals surface area (Å²) in [4.78, 5) is 1.18. The van der Waals surface area contributed by atoms with Gasteiger partial charge in [0.2, 0.25) is 0 Å². The Morgan fingerprint density at radius 2 is 2.05 bits per heavy atom. The first kappa shape index (κ1) is 14.2. The van der Waals surface area contributed by atoms with Crippen LogP contribution in [0.5, 0.6) is 0 Å². The second kappa shape index (κ2) is 5.43. The first-order valence-corrected chi connectivity index (χ1v) is 7.43. The number of nitrogens with zero attached hydrogens (tertiary/aromatic N) is 2. The topological polar surface area (TPSA) is 55.9 Å². The van der Waals surface area contributed by atoms with Crippen molar-refractivity contribution in [1.82, 2.24) is 9.78 Å². The summed E-state index contributed by atoms with van der Waals surface area (Å²) in [5.74, 6) is 1.17. The highest BCUT2D eigenvalue weighted by Gasteiger charge is 2.18. The number of rotatable bonds is 4. The summed E-state index contributed by atoms with van der Waals surface area (Å²) in [5, 5.41) is 7.88. The monoisotopic (exact) mass is 298 g/mol. The van der Waals surface area contributed by atoms with Crippen molar-refractivity contribution in [2.75, 3.05) is 11.1 Å². The zero-order valence-corrected chi connectivity index (χ0v) is 13.1. The number of aromatic nitrogens is 2. The molecule has 2 rings (SSSR count). The lowest BCUT2D eigenvalue weighted by atomic mass is 10.1. The molecule has 2 heterocycles. The Morgan fingerprint density at radius 1 is 1.37 bits per heavy atom. The van der Waals surface area contributed by atoms with Crippen molar-refractivity contribution in [3.05, 3.63) is 27.0 Å². The molecule has 1 atom stereocenters. The maximum Gasteiger partial charge on any atom is 0.148 e. The third-order valence-corrected chi connectivity index (χ3v) is 4.45. The Kier molecular flexibility index (Phi) is 4.06. The minimum Gasteiger partial charge on any atom is -0.394 e. The summed E-state index contributed by atoms with van der Waals surface area (Å²) in [6.45, 7) is 6.26. The van der Waals surface area contributed by atoms with E-state index >= 15 is 0 Å². The highest BCUT2D eigenvalue weighted by molar-refractivity contribution is 7.16. The van der Waals surface area contributed by atoms with Crippen molar-refractivity contribution in [3.8, 4) is 0 Å². The average Bonchev–Trinajstić information content (AvgIpc) is 2.87. The van der Waals surface area contributed by atoms with Crippen LogP contribution >= 0.6 is 22.9 Å². The standard InChI is InChI=1S/C13H19ClN4S/c1-7(2)12-11(15)13(18(4)17-12)16-8(3)9-5-6-10(14)19-9/h5-8,16H,15H2,1-4H3. The molecule has 4 nitrogen and oxygen atoms in total. The van der Waals surface area contributed by atoms with Crippen LogP contribution in [0.4, 0.5) is 11.5 Å². The van der Waals surface area contributed by atoms with Crippen LogP contribution in [0.3, 0.4) is 0 Å². The summed E-state index contributed by atoms with van der Waals surface area (Å²) in [7, 11) is 1.90. The predicted octanol–water partition coefficient (Wildman–Crippen LogP) is 4.01. The zero-order valence-electron chi connectivity index (χ0n) is 11.6. The maximum absolute atomic E-state index is 6.17. The fourth-order valence-corrected chi connectivity index (χ4v) is 3.06. The van der Waals surface area contributed by atoms with E-state index in [9.17, 15) is 0 Å². The van der Waals surface area contributed by atoms with Gasteiger partial charge in [0, 0.05) is 11.9 Å². The molecule has 3 N–H and O–H groups in total. The van der Waals surface area contributed by atoms with Crippen molar-refractivity contribution < 1.29 is 0 Å². The Hall–Kier alpha value is -1.20. The first-order chi connectivity index (χ1) is 8.90. The molecule has 0 aromatic carbocycles. The van der Waals surface area contributed by atoms with E-state index in [1.807, 2.05) is 19.2 Å². The molecule has 1 unspecified atom stereocenters. The van der Waals surface area contributed by atoms with Crippen molar-refractivity contribution >= 4 is 34.4 Å². The van der Waals surface area contributed by atoms with Gasteiger partial charge in [0.05, 0.1) is 21.8 Å². The molecule has 0 radical (unpaired) electrons. The number of nitrogen functional groups attached to an aromatic ring is 1. The molecule has 0 saturated heterocycles. The van der Waals surface area contributed by atoms with Gasteiger partial charge in [-0.25, -0.2) is 0 Å². The van der Waals surface area contributed by atoms with Gasteiger partial charge in [0.15, 0.2) is 0 Å². The second-order valence-corrected chi connectivity index (χ2v) is 6.68. The lowest BCUT2D eigenvalue weighted by molar-refractivity contribution is 0.709. The molecule has 2 aromatic heterocycles. The van der Waals surface area contributed by atoms with Gasteiger partial charge in [-0.3, -0.25) is 4.68 Å². The molecule has 0 saturated carbocycles. The Balaban J connectivity index is 2.24. The van der Waals surface area contributed by atoms with Crippen LogP contribution in [-0.4, -0.2) is 9.78 Å². The fraction of sp³-hybridized carbons (Fsp3) is 0.462. The molecule has 0 aliphatic rings. The normalized spacial score (nSPS) is 12.9. The molecule has 0 bridgehead atoms. The summed E-state index contributed by atoms with van der Waals surface area (Å²) >= 11 is 7.54. The number of hydrogen-bond acceptors (Lipinski definition) is 4. The lowest BCUT2D eigenvalue weighted by Gasteiger charge is -2.14. The van der Waals surface area contributed by atoms with Gasteiger partial charge in [-0.2, -0.15) is 5.10 Å². The van der Waals surface area contributed by atoms with E-state index in [1.165, 1.54) is 4.88 Å². The van der Waals surface area contributed by atoms with E-state index in [1.54, 1.807) is 16.0 Å². The Morgan fingerprint density at radius 3 is 2.53 bits per heavy atom. The van der Waals surface area contributed by atoms with Crippen molar-refractivity contribution in [2.24, 2.45) is 7.05 Å². The van der Waals surface area contributed by atoms with Gasteiger partial charge in [-0.15, -0.1) is 11.3 Å². The van der Waals surface area contributed by atoms with E-state index in [2.05, 4.69) is 31.2 Å². The van der Waals surface area contributed by atoms with Gasteiger partial charge in [-0.05, 0) is 25.0 Å². The lowest BCUT2D eigenvalue weighted by Crippen LogP contribution is -2.10. The minimum absolute atomic E-state index is 0.148. The van der Waals surface area contributed by atoms with Crippen LogP contribution in [0.15, 0.2) is 12.1 Å². The SMILES string of the molecule is CC(C)c1nn(C)c(NC(C)c2ccc(Cl)s2)c1N. The van der Waals surface area contributed by atoms with Crippen molar-refractivity contribution in [1.29, 1.82) is 0 Å². The van der Waals surface area contributed by atoms with Crippen LogP contribution in [0.25, 0.3) is 0 Å². The van der Waals surface area contributed by atoms with Gasteiger partial charge < -0.3 is 11.1 Å². The van der Waals surface area contributed by atoms with E-state index in [-0.39, 0.29) is 6.04 Å². The van der Waals surface area contributed by atoms with Gasteiger partial charge in [-0.1, -0.05) is 25.4 Å². The molecule has 2 aromatic rings. The maximum atomic E-state index is 6.17. The van der Waals surface area contributed by atoms with Crippen LogP contribution < -0.4 is 11.1 Å². The number of thiophene rings is 1. The quantitative estimate of drug-likeness (QED) is 0.896. The van der Waals surface area contributed by atoms with E-state index in [0.29, 0.717) is 5.92 Å². The Labute approximate surface area is 122 Å². The van der Waals surface area contributed by atoms with Gasteiger partial charge in [0.25, 0.3) is 0 Å². The first-order valence-electron chi connectivity index (χ1n) is 6.24. The van der Waals surface area contributed by atoms with E-state index < -0.39 is 0 Å². The van der Waals surface area contributed by atoms with Crippen molar-refractivity contribution in [3.63, 3.8) is 0 Å². The summed E-state index contributed by atoms with van der Waals surface area (Å²) in [6, 6.07) is 4.09. The summed E-state index contributed by atoms with van der Waals surface area (Å²) in [6.07, 6.45) is 0. The highest BCUT2D eigenvalue weighted by Crippen LogP contribution is 2.33. The van der Waals surface area contributed by atoms with Gasteiger partial charge >= 0.3 is 0 Å². The van der Waals surface area contributed by atoms with Crippen LogP contribution in [-0.2, 0) is 7.05 Å². The molecule has 19 heavy (non-hydrogen) atoms. The third kappa shape index (κ3) is 2.87. The molecule has 0 amide bonds. The number of halogens is 1. The molecular formula is C13H19ClN4S. The predicted molar refractivity (Wildman–Crippen MR) is 83.1 cm³/mol. The number of anilines is 2. The molecule has 0 spiro atoms. The minimum atomic E-state index is 0.148. The smallest absolute Gasteiger partial charge is 0.148 e. The van der Waals surface area contributed by atoms with E-state index in [0.717, 1.165) is 21.5 Å². The Bertz CT molecular complexity index is 573. The molecule has 104 valence electrons. The number of nitrogens with two attached hydrogens (primary N) is 1. The summed E-state index contributed by atoms with van der Waals surface area (Å²) < 4.78 is 2.60. The third-order valence-electron chi connectivity index (χ3n) is 3.03. The molecule has 6 heteroatoms. The summed E-state index contributed by atoms with van der Waals surface area (Å²) in [5.41, 5.74) is 7.83. The fourth-order valence-electron chi connectivity index (χ4n) is 2.00. The molecule has 0 fully saturated rings.